The van der Waals surface area contributed by atoms with Gasteiger partial charge in [-0.3, -0.25) is 14.6 Å². The summed E-state index contributed by atoms with van der Waals surface area (Å²) in [4.78, 5) is 27.9. The van der Waals surface area contributed by atoms with Crippen molar-refractivity contribution in [1.82, 2.24) is 21.1 Å². The first kappa shape index (κ1) is 17.7. The van der Waals surface area contributed by atoms with E-state index >= 15 is 0 Å². The van der Waals surface area contributed by atoms with Crippen LogP contribution in [0.4, 0.5) is 5.69 Å². The van der Waals surface area contributed by atoms with E-state index in [4.69, 9.17) is 0 Å². The van der Waals surface area contributed by atoms with Gasteiger partial charge in [0.1, 0.15) is 6.17 Å². The third-order valence-corrected chi connectivity index (χ3v) is 6.54. The van der Waals surface area contributed by atoms with Crippen molar-refractivity contribution in [1.29, 1.82) is 0 Å². The van der Waals surface area contributed by atoms with Gasteiger partial charge in [0.25, 0.3) is 0 Å². The molecule has 3 N–H and O–H groups in total. The number of allylic oxidation sites excluding steroid dienone is 1. The second-order valence-electron chi connectivity index (χ2n) is 8.23. The number of nitrogens with zero attached hydrogens (tertiary/aromatic N) is 2. The van der Waals surface area contributed by atoms with E-state index in [1.807, 2.05) is 30.0 Å². The van der Waals surface area contributed by atoms with E-state index in [9.17, 15) is 9.59 Å². The quantitative estimate of drug-likeness (QED) is 0.705. The van der Waals surface area contributed by atoms with Crippen LogP contribution >= 0.6 is 0 Å². The molecule has 0 aromatic heterocycles. The molecule has 5 rings (SSSR count). The molecule has 7 heteroatoms. The highest BCUT2D eigenvalue weighted by Gasteiger charge is 2.50. The average Bonchev–Trinajstić information content (AvgIpc) is 3.28. The van der Waals surface area contributed by atoms with E-state index in [-0.39, 0.29) is 29.9 Å². The van der Waals surface area contributed by atoms with Crippen LogP contribution in [0.3, 0.4) is 0 Å². The van der Waals surface area contributed by atoms with Crippen LogP contribution in [0.2, 0.25) is 0 Å². The first-order chi connectivity index (χ1) is 13.6. The summed E-state index contributed by atoms with van der Waals surface area (Å²) in [6.07, 6.45) is 4.28. The maximum atomic E-state index is 13.5. The van der Waals surface area contributed by atoms with Crippen molar-refractivity contribution in [2.45, 2.75) is 38.4 Å². The lowest BCUT2D eigenvalue weighted by molar-refractivity contribution is -0.125. The molecule has 7 nitrogen and oxygen atoms in total. The van der Waals surface area contributed by atoms with Gasteiger partial charge in [0.15, 0.2) is 0 Å². The fourth-order valence-corrected chi connectivity index (χ4v) is 5.12. The fraction of sp³-hybridized carbons (Fsp3) is 0.524. The zero-order valence-electron chi connectivity index (χ0n) is 16.1. The molecule has 3 atom stereocenters. The lowest BCUT2D eigenvalue weighted by Crippen LogP contribution is -2.56. The van der Waals surface area contributed by atoms with Crippen LogP contribution in [-0.2, 0) is 16.0 Å². The van der Waals surface area contributed by atoms with Crippen LogP contribution < -0.4 is 21.0 Å². The second kappa shape index (κ2) is 6.90. The van der Waals surface area contributed by atoms with Crippen molar-refractivity contribution in [3.63, 3.8) is 0 Å². The molecule has 1 aromatic rings. The monoisotopic (exact) mass is 381 g/mol. The normalized spacial score (nSPS) is 30.0. The highest BCUT2D eigenvalue weighted by Crippen LogP contribution is 2.36. The zero-order chi connectivity index (χ0) is 19.3. The first-order valence-electron chi connectivity index (χ1n) is 10.3. The molecule has 0 radical (unpaired) electrons. The minimum Gasteiger partial charge on any atom is -0.330 e. The summed E-state index contributed by atoms with van der Waals surface area (Å²) in [6.45, 7) is 4.67. The van der Waals surface area contributed by atoms with Crippen LogP contribution in [0, 0.1) is 11.8 Å². The summed E-state index contributed by atoms with van der Waals surface area (Å²) in [7, 11) is 0. The van der Waals surface area contributed by atoms with Gasteiger partial charge >= 0.3 is 0 Å². The number of rotatable bonds is 2. The van der Waals surface area contributed by atoms with Crippen LogP contribution in [0.15, 0.2) is 36.0 Å². The fourth-order valence-electron chi connectivity index (χ4n) is 5.12. The van der Waals surface area contributed by atoms with E-state index in [1.165, 1.54) is 5.56 Å². The molecule has 0 saturated carbocycles. The summed E-state index contributed by atoms with van der Waals surface area (Å²) >= 11 is 0. The molecule has 0 aliphatic carbocycles. The second-order valence-corrected chi connectivity index (χ2v) is 8.23. The molecule has 2 amide bonds. The number of para-hydroxylation sites is 1. The molecule has 3 unspecified atom stereocenters. The van der Waals surface area contributed by atoms with Crippen LogP contribution in [0.5, 0.6) is 0 Å². The van der Waals surface area contributed by atoms with E-state index < -0.39 is 0 Å². The van der Waals surface area contributed by atoms with Crippen LogP contribution in [0.1, 0.15) is 25.3 Å². The van der Waals surface area contributed by atoms with Gasteiger partial charge in [0, 0.05) is 36.0 Å². The van der Waals surface area contributed by atoms with Gasteiger partial charge in [-0.05, 0) is 50.9 Å². The topological polar surface area (TPSA) is 76.7 Å². The molecular weight excluding hydrogens is 354 g/mol. The Hall–Kier alpha value is -2.38. The molecule has 0 bridgehead atoms. The van der Waals surface area contributed by atoms with E-state index in [1.54, 1.807) is 6.08 Å². The Morgan fingerprint density at radius 1 is 1.18 bits per heavy atom. The smallest absolute Gasteiger partial charge is 0.247 e. The van der Waals surface area contributed by atoms with Crippen LogP contribution in [-0.4, -0.2) is 48.7 Å². The molecule has 4 aliphatic heterocycles. The number of hydrogen-bond donors (Lipinski definition) is 3. The van der Waals surface area contributed by atoms with Gasteiger partial charge < -0.3 is 15.5 Å². The third kappa shape index (κ3) is 2.81. The van der Waals surface area contributed by atoms with Crippen LogP contribution in [0.25, 0.3) is 0 Å². The average molecular weight is 381 g/mol. The maximum absolute atomic E-state index is 13.5. The number of piperidine rings is 1. The van der Waals surface area contributed by atoms with E-state index in [0.717, 1.165) is 43.7 Å². The summed E-state index contributed by atoms with van der Waals surface area (Å²) in [6, 6.07) is 8.06. The summed E-state index contributed by atoms with van der Waals surface area (Å²) in [5.41, 5.74) is 6.74. The van der Waals surface area contributed by atoms with Gasteiger partial charge in [0.05, 0.1) is 5.92 Å². The minimum absolute atomic E-state index is 0.0474. The number of anilines is 1. The number of benzene rings is 1. The van der Waals surface area contributed by atoms with E-state index in [0.29, 0.717) is 12.5 Å². The van der Waals surface area contributed by atoms with Gasteiger partial charge in [-0.2, -0.15) is 0 Å². The Labute approximate surface area is 165 Å². The molecule has 148 valence electrons. The van der Waals surface area contributed by atoms with E-state index in [2.05, 4.69) is 27.1 Å². The van der Waals surface area contributed by atoms with Crippen molar-refractivity contribution >= 4 is 17.5 Å². The number of hydrazine groups is 1. The van der Waals surface area contributed by atoms with Crippen molar-refractivity contribution in [2.75, 3.05) is 24.5 Å². The number of carbonyl (C=O) groups is 2. The maximum Gasteiger partial charge on any atom is 0.247 e. The molecule has 2 saturated heterocycles. The molecule has 2 fully saturated rings. The standard InChI is InChI=1S/C21H27N5O2/c1-13-19(21(28)25-11-8-14-4-2-3-5-16(14)25)20-23-18(27)12-17(26(20)24-13)15-6-9-22-10-7-15/h2-5,12-13,15,19-20,22,24H,6-11H2,1H3,(H,23,27). The molecule has 4 heterocycles. The highest BCUT2D eigenvalue weighted by molar-refractivity contribution is 5.99. The number of hydrogen-bond acceptors (Lipinski definition) is 5. The number of amides is 2. The number of nitrogens with one attached hydrogen (secondary N) is 3. The lowest BCUT2D eigenvalue weighted by atomic mass is 9.91. The Morgan fingerprint density at radius 2 is 1.96 bits per heavy atom. The minimum atomic E-state index is -0.336. The first-order valence-corrected chi connectivity index (χ1v) is 10.3. The number of carbonyl (C=O) groups excluding carboxylic acids is 2. The van der Waals surface area contributed by atoms with Gasteiger partial charge in [-0.25, -0.2) is 5.43 Å². The predicted octanol–water partition coefficient (Wildman–Crippen LogP) is 0.740. The van der Waals surface area contributed by atoms with Crippen molar-refractivity contribution < 1.29 is 9.59 Å². The predicted molar refractivity (Wildman–Crippen MR) is 106 cm³/mol. The Kier molecular flexibility index (Phi) is 4.36. The third-order valence-electron chi connectivity index (χ3n) is 6.54. The summed E-state index contributed by atoms with van der Waals surface area (Å²) in [5.74, 6) is 0.0194. The van der Waals surface area contributed by atoms with Crippen molar-refractivity contribution in [3.8, 4) is 0 Å². The van der Waals surface area contributed by atoms with Gasteiger partial charge in [-0.15, -0.1) is 0 Å². The molecule has 28 heavy (non-hydrogen) atoms. The van der Waals surface area contributed by atoms with Crippen molar-refractivity contribution in [3.05, 3.63) is 41.6 Å². The lowest BCUT2D eigenvalue weighted by Gasteiger charge is -2.39. The highest BCUT2D eigenvalue weighted by atomic mass is 16.2. The zero-order valence-corrected chi connectivity index (χ0v) is 16.1. The Balaban J connectivity index is 1.42. The molecule has 1 aromatic carbocycles. The van der Waals surface area contributed by atoms with Gasteiger partial charge in [-0.1, -0.05) is 18.2 Å². The SMILES string of the molecule is CC1NN2C(C3CCNCC3)=CC(=O)NC2C1C(=O)N1CCc2ccccc21. The molecule has 4 aliphatic rings. The molecular formula is C21H27N5O2. The summed E-state index contributed by atoms with van der Waals surface area (Å²) in [5, 5.41) is 8.48. The Bertz CT molecular complexity index is 832. The number of fused-ring (bicyclic) bond motifs is 2. The van der Waals surface area contributed by atoms with Gasteiger partial charge in [0.2, 0.25) is 11.8 Å². The Morgan fingerprint density at radius 3 is 2.79 bits per heavy atom. The molecule has 0 spiro atoms. The largest absolute Gasteiger partial charge is 0.330 e. The van der Waals surface area contributed by atoms with Crippen molar-refractivity contribution in [2.24, 2.45) is 11.8 Å². The summed E-state index contributed by atoms with van der Waals surface area (Å²) < 4.78 is 0.